The van der Waals surface area contributed by atoms with E-state index in [2.05, 4.69) is 46.4 Å². The van der Waals surface area contributed by atoms with Gasteiger partial charge in [0.25, 0.3) is 0 Å². The Morgan fingerprint density at radius 3 is 2.54 bits per heavy atom. The number of Topliss-reactive ketones (excluding diaryl/α,β-unsaturated/α-hetero) is 1. The van der Waals surface area contributed by atoms with Crippen molar-refractivity contribution in [2.75, 3.05) is 62.2 Å². The predicted molar refractivity (Wildman–Crippen MR) is 190 cm³/mol. The lowest BCUT2D eigenvalue weighted by Crippen LogP contribution is -2.47. The molecule has 0 radical (unpaired) electrons. The second-order valence-corrected chi connectivity index (χ2v) is 16.2. The number of ketones is 1. The van der Waals surface area contributed by atoms with Gasteiger partial charge in [-0.3, -0.25) is 14.8 Å². The largest absolute Gasteiger partial charge is 0.494 e. The zero-order valence-electron chi connectivity index (χ0n) is 27.3. The van der Waals surface area contributed by atoms with Gasteiger partial charge in [0.2, 0.25) is 5.95 Å². The first-order valence-corrected chi connectivity index (χ1v) is 19.2. The Morgan fingerprint density at radius 1 is 1.04 bits per heavy atom. The molecule has 2 aliphatic heterocycles. The topological polar surface area (TPSA) is 152 Å². The number of nitrogens with zero attached hydrogens (tertiary/aromatic N) is 6. The van der Waals surface area contributed by atoms with E-state index in [0.29, 0.717) is 75.6 Å². The van der Waals surface area contributed by atoms with Crippen LogP contribution in [0.25, 0.3) is 11.0 Å². The molecule has 13 nitrogen and oxygen atoms in total. The number of carbonyl (C=O) groups excluding carboxylic acids is 2. The van der Waals surface area contributed by atoms with Gasteiger partial charge in [0.15, 0.2) is 5.78 Å². The Kier molecular flexibility index (Phi) is 9.84. The molecule has 252 valence electrons. The van der Waals surface area contributed by atoms with Gasteiger partial charge in [-0.25, -0.2) is 9.78 Å². The van der Waals surface area contributed by atoms with E-state index in [1.165, 1.54) is 0 Å². The summed E-state index contributed by atoms with van der Waals surface area (Å²) in [7, 11) is -1.22. The molecule has 2 fully saturated rings. The molecule has 2 aliphatic rings. The van der Waals surface area contributed by atoms with Crippen molar-refractivity contribution in [3.8, 4) is 5.75 Å². The number of benzene rings is 2. The second kappa shape index (κ2) is 14.1. The summed E-state index contributed by atoms with van der Waals surface area (Å²) in [4.78, 5) is 47.5. The lowest BCUT2D eigenvalue weighted by molar-refractivity contribution is 0.0946. The highest BCUT2D eigenvalue weighted by Gasteiger charge is 2.31. The number of piperidine rings is 1. The van der Waals surface area contributed by atoms with Gasteiger partial charge in [0.1, 0.15) is 24.2 Å². The molecule has 4 aromatic rings. The molecule has 2 saturated heterocycles. The first kappa shape index (κ1) is 33.6. The van der Waals surface area contributed by atoms with Crippen LogP contribution in [-0.4, -0.2) is 89.4 Å². The highest BCUT2D eigenvalue weighted by atomic mass is 79.9. The van der Waals surface area contributed by atoms with Crippen molar-refractivity contribution in [1.82, 2.24) is 24.8 Å². The van der Waals surface area contributed by atoms with Crippen LogP contribution >= 0.6 is 23.1 Å². The summed E-state index contributed by atoms with van der Waals surface area (Å²) in [5, 5.41) is 7.11. The molecule has 2 aromatic carbocycles. The molecule has 48 heavy (non-hydrogen) atoms. The van der Waals surface area contributed by atoms with Crippen molar-refractivity contribution < 1.29 is 23.6 Å². The van der Waals surface area contributed by atoms with Crippen LogP contribution in [0, 0.1) is 0 Å². The molecule has 0 atom stereocenters. The number of cyclic esters (lactones) is 1. The maximum Gasteiger partial charge on any atom is 0.410 e. The van der Waals surface area contributed by atoms with Gasteiger partial charge in [-0.1, -0.05) is 0 Å². The number of methoxy groups -OCH3 is 1. The van der Waals surface area contributed by atoms with Crippen molar-refractivity contribution in [2.45, 2.75) is 38.6 Å². The number of amides is 1. The Balaban J connectivity index is 1.26. The molecular weight excluding hydrogens is 699 g/mol. The van der Waals surface area contributed by atoms with Crippen LogP contribution < -0.4 is 25.6 Å². The smallest absolute Gasteiger partial charge is 0.410 e. The quantitative estimate of drug-likeness (QED) is 0.146. The van der Waals surface area contributed by atoms with Crippen molar-refractivity contribution >= 4 is 80.1 Å². The lowest BCUT2D eigenvalue weighted by atomic mass is 9.99. The van der Waals surface area contributed by atoms with Gasteiger partial charge in [-0.15, -0.1) is 0 Å². The molecule has 0 aliphatic carbocycles. The van der Waals surface area contributed by atoms with E-state index in [0.717, 1.165) is 31.4 Å². The van der Waals surface area contributed by atoms with Crippen LogP contribution in [0.15, 0.2) is 47.3 Å². The molecule has 0 bridgehead atoms. The minimum atomic E-state index is -2.79. The average Bonchev–Trinajstić information content (AvgIpc) is 3.29. The predicted octanol–water partition coefficient (Wildman–Crippen LogP) is 6.33. The first-order valence-electron chi connectivity index (χ1n) is 15.8. The number of anilines is 5. The summed E-state index contributed by atoms with van der Waals surface area (Å²) in [6.45, 7) is 7.48. The van der Waals surface area contributed by atoms with Crippen molar-refractivity contribution in [1.29, 1.82) is 0 Å². The molecule has 0 saturated carbocycles. The molecule has 0 spiro atoms. The third-order valence-corrected chi connectivity index (χ3v) is 10.7. The fraction of sp³-hybridized carbons (Fsp3) is 0.394. The number of fused-ring (bicyclic) bond motifs is 1. The summed E-state index contributed by atoms with van der Waals surface area (Å²) >= 11 is 3.53. The van der Waals surface area contributed by atoms with E-state index in [-0.39, 0.29) is 23.9 Å². The van der Waals surface area contributed by atoms with E-state index in [4.69, 9.17) is 14.5 Å². The Hall–Kier alpha value is -4.29. The third-order valence-electron chi connectivity index (χ3n) is 8.59. The van der Waals surface area contributed by atoms with E-state index in [1.54, 1.807) is 52.0 Å². The number of hydrogen-bond donors (Lipinski definition) is 2. The van der Waals surface area contributed by atoms with Crippen LogP contribution in [-0.2, 0) is 9.30 Å². The summed E-state index contributed by atoms with van der Waals surface area (Å²) in [6, 6.07) is 7.36. The highest BCUT2D eigenvalue weighted by molar-refractivity contribution is 9.10. The lowest BCUT2D eigenvalue weighted by Gasteiger charge is -2.39. The minimum absolute atomic E-state index is 0.0940. The molecule has 4 heterocycles. The Morgan fingerprint density at radius 2 is 1.81 bits per heavy atom. The SMILES string of the molecule is COc1cc(N2CCC(N3CCCCOC3=O)CC2)c(C(C)=O)cc1Nc1ncc(Br)c(Nc2ccc3nccnc3c2P(C)(C)=O)n1. The monoisotopic (exact) mass is 736 g/mol. The molecule has 2 aromatic heterocycles. The minimum Gasteiger partial charge on any atom is -0.494 e. The summed E-state index contributed by atoms with van der Waals surface area (Å²) < 4.78 is 25.2. The molecule has 15 heteroatoms. The zero-order valence-corrected chi connectivity index (χ0v) is 29.8. The number of halogens is 1. The molecule has 0 unspecified atom stereocenters. The van der Waals surface area contributed by atoms with Gasteiger partial charge >= 0.3 is 6.09 Å². The number of hydrogen-bond acceptors (Lipinski definition) is 12. The fourth-order valence-corrected chi connectivity index (χ4v) is 7.96. The van der Waals surface area contributed by atoms with Crippen LogP contribution in [0.1, 0.15) is 43.0 Å². The number of ether oxygens (including phenoxy) is 2. The summed E-state index contributed by atoms with van der Waals surface area (Å²) in [5.41, 5.74) is 3.64. The number of rotatable bonds is 9. The van der Waals surface area contributed by atoms with E-state index >= 15 is 0 Å². The van der Waals surface area contributed by atoms with Gasteiger partial charge < -0.3 is 34.5 Å². The summed E-state index contributed by atoms with van der Waals surface area (Å²) in [5.74, 6) is 1.11. The molecule has 2 N–H and O–H groups in total. The van der Waals surface area contributed by atoms with Crippen LogP contribution in [0.4, 0.5) is 33.6 Å². The van der Waals surface area contributed by atoms with Gasteiger partial charge in [0.05, 0.1) is 46.1 Å². The number of nitrogens with one attached hydrogen (secondary N) is 2. The number of aromatic nitrogens is 4. The van der Waals surface area contributed by atoms with Crippen LogP contribution in [0.3, 0.4) is 0 Å². The average molecular weight is 738 g/mol. The molecule has 6 rings (SSSR count). The number of carbonyl (C=O) groups is 2. The van der Waals surface area contributed by atoms with Crippen molar-refractivity contribution in [3.05, 3.63) is 52.9 Å². The van der Waals surface area contributed by atoms with E-state index in [9.17, 15) is 14.2 Å². The van der Waals surface area contributed by atoms with Crippen molar-refractivity contribution in [2.24, 2.45) is 0 Å². The van der Waals surface area contributed by atoms with Gasteiger partial charge in [-0.2, -0.15) is 4.98 Å². The Labute approximate surface area is 287 Å². The van der Waals surface area contributed by atoms with Crippen LogP contribution in [0.2, 0.25) is 0 Å². The summed E-state index contributed by atoms with van der Waals surface area (Å²) in [6.07, 6.45) is 7.92. The van der Waals surface area contributed by atoms with Crippen molar-refractivity contribution in [3.63, 3.8) is 0 Å². The van der Waals surface area contributed by atoms with Gasteiger partial charge in [-0.05, 0) is 80.1 Å². The normalized spacial score (nSPS) is 16.0. The molecular formula is C33H38BrN8O5P. The van der Waals surface area contributed by atoms with Crippen LogP contribution in [0.5, 0.6) is 5.75 Å². The first-order chi connectivity index (χ1) is 23.0. The van der Waals surface area contributed by atoms with E-state index in [1.807, 2.05) is 23.1 Å². The molecule has 1 amide bonds. The van der Waals surface area contributed by atoms with Gasteiger partial charge in [0, 0.05) is 55.9 Å². The Bertz CT molecular complexity index is 1910. The van der Waals surface area contributed by atoms with E-state index < -0.39 is 7.14 Å². The third kappa shape index (κ3) is 7.09. The highest BCUT2D eigenvalue weighted by Crippen LogP contribution is 2.42. The standard InChI is InChI=1S/C33H38BrN8O5P/c1-20(43)22-17-26(28(46-2)18-27(22)41-14-9-21(10-15-41)42-13-5-6-16-47-33(42)44)39-32-37-19-23(34)31(40-32)38-25-8-7-24-29(36-12-11-35-24)30(25)48(3,4)45/h7-8,11-12,17-19,21H,5-6,9-10,13-16H2,1-4H3,(H2,37,38,39,40). The zero-order chi connectivity index (χ0) is 34.0. The maximum atomic E-state index is 13.4. The maximum absolute atomic E-state index is 13.4. The second-order valence-electron chi connectivity index (χ2n) is 12.2. The fourth-order valence-electron chi connectivity index (χ4n) is 6.28.